The molecule has 1 saturated heterocycles. The van der Waals surface area contributed by atoms with Crippen molar-refractivity contribution in [3.8, 4) is 5.75 Å². The second-order valence-electron chi connectivity index (χ2n) is 6.04. The Morgan fingerprint density at radius 2 is 2.00 bits per heavy atom. The molecule has 0 atom stereocenters. The fourth-order valence-electron chi connectivity index (χ4n) is 2.76. The van der Waals surface area contributed by atoms with E-state index in [0.717, 1.165) is 12.1 Å². The molecule has 1 aromatic carbocycles. The normalized spacial score (nSPS) is 16.2. The topological polar surface area (TPSA) is 84.9 Å². The van der Waals surface area contributed by atoms with Gasteiger partial charge in [0.25, 0.3) is 0 Å². The van der Waals surface area contributed by atoms with Gasteiger partial charge in [0.1, 0.15) is 5.82 Å². The van der Waals surface area contributed by atoms with E-state index in [1.54, 1.807) is 0 Å². The SMILES string of the molecule is O=C(O)CC1(NC(=O)CCCOc2ccc(F)cc2F)CCOCC1. The Bertz CT molecular complexity index is 617. The number of hydrogen-bond donors (Lipinski definition) is 2. The first kappa shape index (κ1) is 19.1. The van der Waals surface area contributed by atoms with E-state index in [4.69, 9.17) is 14.6 Å². The van der Waals surface area contributed by atoms with Gasteiger partial charge >= 0.3 is 5.97 Å². The minimum Gasteiger partial charge on any atom is -0.491 e. The van der Waals surface area contributed by atoms with E-state index in [1.165, 1.54) is 6.07 Å². The van der Waals surface area contributed by atoms with Gasteiger partial charge in [-0.1, -0.05) is 0 Å². The number of nitrogens with one attached hydrogen (secondary N) is 1. The summed E-state index contributed by atoms with van der Waals surface area (Å²) < 4.78 is 36.6. The molecule has 1 amide bonds. The molecule has 6 nitrogen and oxygen atoms in total. The number of ether oxygens (including phenoxy) is 2. The molecular formula is C17H21F2NO5. The molecule has 2 N–H and O–H groups in total. The van der Waals surface area contributed by atoms with Crippen molar-refractivity contribution in [1.82, 2.24) is 5.32 Å². The largest absolute Gasteiger partial charge is 0.491 e. The minimum absolute atomic E-state index is 0.0754. The van der Waals surface area contributed by atoms with Gasteiger partial charge in [0.15, 0.2) is 11.6 Å². The second kappa shape index (κ2) is 8.75. The standard InChI is InChI=1S/C17H21F2NO5/c18-12-3-4-14(13(19)10-12)25-7-1-2-15(21)20-17(11-16(22)23)5-8-24-9-6-17/h3-4,10H,1-2,5-9,11H2,(H,20,21)(H,22,23). The third-order valence-electron chi connectivity index (χ3n) is 4.04. The van der Waals surface area contributed by atoms with Gasteiger partial charge in [0.05, 0.1) is 18.6 Å². The number of halogens is 2. The lowest BCUT2D eigenvalue weighted by Gasteiger charge is -2.36. The molecule has 25 heavy (non-hydrogen) atoms. The molecule has 0 unspecified atom stereocenters. The number of benzene rings is 1. The molecule has 0 radical (unpaired) electrons. The van der Waals surface area contributed by atoms with Gasteiger partial charge in [0.2, 0.25) is 5.91 Å². The van der Waals surface area contributed by atoms with Gasteiger partial charge in [-0.05, 0) is 31.4 Å². The molecule has 1 fully saturated rings. The van der Waals surface area contributed by atoms with Crippen LogP contribution in [0, 0.1) is 11.6 Å². The Hall–Kier alpha value is -2.22. The monoisotopic (exact) mass is 357 g/mol. The Morgan fingerprint density at radius 1 is 1.28 bits per heavy atom. The van der Waals surface area contributed by atoms with E-state index in [-0.39, 0.29) is 31.1 Å². The van der Waals surface area contributed by atoms with Crippen LogP contribution in [0.5, 0.6) is 5.75 Å². The van der Waals surface area contributed by atoms with E-state index in [2.05, 4.69) is 5.32 Å². The fourth-order valence-corrected chi connectivity index (χ4v) is 2.76. The summed E-state index contributed by atoms with van der Waals surface area (Å²) in [6.07, 6.45) is 1.18. The summed E-state index contributed by atoms with van der Waals surface area (Å²) in [6.45, 7) is 0.895. The molecule has 0 aromatic heterocycles. The van der Waals surface area contributed by atoms with Crippen LogP contribution in [0.4, 0.5) is 8.78 Å². The molecule has 138 valence electrons. The predicted molar refractivity (Wildman–Crippen MR) is 84.3 cm³/mol. The van der Waals surface area contributed by atoms with Crippen LogP contribution < -0.4 is 10.1 Å². The molecule has 0 bridgehead atoms. The van der Waals surface area contributed by atoms with Crippen molar-refractivity contribution in [2.45, 2.75) is 37.6 Å². The molecule has 8 heteroatoms. The van der Waals surface area contributed by atoms with E-state index in [1.807, 2.05) is 0 Å². The van der Waals surface area contributed by atoms with Crippen molar-refractivity contribution >= 4 is 11.9 Å². The molecule has 0 aliphatic carbocycles. The minimum atomic E-state index is -0.975. The van der Waals surface area contributed by atoms with Gasteiger partial charge in [-0.15, -0.1) is 0 Å². The number of aliphatic carboxylic acids is 1. The molecule has 1 aliphatic heterocycles. The summed E-state index contributed by atoms with van der Waals surface area (Å²) in [4.78, 5) is 23.1. The maximum Gasteiger partial charge on any atom is 0.305 e. The Kier molecular flexibility index (Phi) is 6.69. The van der Waals surface area contributed by atoms with Gasteiger partial charge < -0.3 is 19.9 Å². The summed E-state index contributed by atoms with van der Waals surface area (Å²) >= 11 is 0. The van der Waals surface area contributed by atoms with Crippen molar-refractivity contribution in [2.24, 2.45) is 0 Å². The van der Waals surface area contributed by atoms with Crippen molar-refractivity contribution in [2.75, 3.05) is 19.8 Å². The smallest absolute Gasteiger partial charge is 0.305 e. The number of hydrogen-bond acceptors (Lipinski definition) is 4. The van der Waals surface area contributed by atoms with Gasteiger partial charge in [-0.25, -0.2) is 8.78 Å². The van der Waals surface area contributed by atoms with Crippen LogP contribution in [0.1, 0.15) is 32.1 Å². The lowest BCUT2D eigenvalue weighted by Crippen LogP contribution is -2.53. The van der Waals surface area contributed by atoms with Crippen LogP contribution in [-0.4, -0.2) is 42.3 Å². The van der Waals surface area contributed by atoms with E-state index < -0.39 is 23.1 Å². The first-order valence-electron chi connectivity index (χ1n) is 8.09. The number of carboxylic acids is 1. The van der Waals surface area contributed by atoms with Crippen LogP contribution in [0.15, 0.2) is 18.2 Å². The van der Waals surface area contributed by atoms with E-state index in [0.29, 0.717) is 32.5 Å². The highest BCUT2D eigenvalue weighted by Gasteiger charge is 2.36. The summed E-state index contributed by atoms with van der Waals surface area (Å²) in [6, 6.07) is 3.00. The highest BCUT2D eigenvalue weighted by Crippen LogP contribution is 2.25. The molecule has 0 spiro atoms. The first-order valence-corrected chi connectivity index (χ1v) is 8.09. The Labute approximate surface area is 144 Å². The number of rotatable bonds is 8. The number of amides is 1. The van der Waals surface area contributed by atoms with E-state index in [9.17, 15) is 18.4 Å². The maximum absolute atomic E-state index is 13.4. The number of carbonyl (C=O) groups excluding carboxylic acids is 1. The average molecular weight is 357 g/mol. The third-order valence-corrected chi connectivity index (χ3v) is 4.04. The summed E-state index contributed by atoms with van der Waals surface area (Å²) in [5, 5.41) is 11.9. The second-order valence-corrected chi connectivity index (χ2v) is 6.04. The average Bonchev–Trinajstić information content (AvgIpc) is 2.53. The third kappa shape index (κ3) is 5.97. The summed E-state index contributed by atoms with van der Waals surface area (Å²) in [5.41, 5.74) is -0.787. The van der Waals surface area contributed by atoms with Crippen LogP contribution in [0.2, 0.25) is 0 Å². The molecule has 1 aromatic rings. The highest BCUT2D eigenvalue weighted by atomic mass is 19.1. The van der Waals surface area contributed by atoms with Crippen LogP contribution >= 0.6 is 0 Å². The van der Waals surface area contributed by atoms with Gasteiger partial charge in [-0.2, -0.15) is 0 Å². The molecule has 1 aliphatic rings. The summed E-state index contributed by atoms with van der Waals surface area (Å²) in [5.74, 6) is -2.83. The van der Waals surface area contributed by atoms with Crippen molar-refractivity contribution in [3.63, 3.8) is 0 Å². The first-order chi connectivity index (χ1) is 11.9. The summed E-state index contributed by atoms with van der Waals surface area (Å²) in [7, 11) is 0. The number of carboxylic acid groups (broad SMARTS) is 1. The predicted octanol–water partition coefficient (Wildman–Crippen LogP) is 2.26. The van der Waals surface area contributed by atoms with E-state index >= 15 is 0 Å². The van der Waals surface area contributed by atoms with Gasteiger partial charge in [0, 0.05) is 25.7 Å². The fraction of sp³-hybridized carbons (Fsp3) is 0.529. The quantitative estimate of drug-likeness (QED) is 0.697. The van der Waals surface area contributed by atoms with Crippen molar-refractivity contribution in [3.05, 3.63) is 29.8 Å². The van der Waals surface area contributed by atoms with Crippen molar-refractivity contribution in [1.29, 1.82) is 0 Å². The lowest BCUT2D eigenvalue weighted by molar-refractivity contribution is -0.140. The zero-order valence-electron chi connectivity index (χ0n) is 13.7. The lowest BCUT2D eigenvalue weighted by atomic mass is 9.86. The van der Waals surface area contributed by atoms with Crippen LogP contribution in [-0.2, 0) is 14.3 Å². The molecule has 1 heterocycles. The van der Waals surface area contributed by atoms with Crippen LogP contribution in [0.25, 0.3) is 0 Å². The zero-order chi connectivity index (χ0) is 18.3. The zero-order valence-corrected chi connectivity index (χ0v) is 13.7. The Balaban J connectivity index is 1.78. The van der Waals surface area contributed by atoms with Gasteiger partial charge in [-0.3, -0.25) is 9.59 Å². The number of carbonyl (C=O) groups is 2. The molecular weight excluding hydrogens is 336 g/mol. The molecule has 2 rings (SSSR count). The molecule has 0 saturated carbocycles. The Morgan fingerprint density at radius 3 is 2.64 bits per heavy atom. The highest BCUT2D eigenvalue weighted by molar-refractivity contribution is 5.78. The van der Waals surface area contributed by atoms with Crippen LogP contribution in [0.3, 0.4) is 0 Å². The maximum atomic E-state index is 13.4. The van der Waals surface area contributed by atoms with Crippen molar-refractivity contribution < 1.29 is 33.0 Å².